The molecular weight excluding hydrogens is 364 g/mol. The van der Waals surface area contributed by atoms with Crippen LogP contribution in [0.2, 0.25) is 0 Å². The van der Waals surface area contributed by atoms with E-state index in [1.54, 1.807) is 11.1 Å². The Morgan fingerprint density at radius 1 is 0.966 bits per heavy atom. The predicted octanol–water partition coefficient (Wildman–Crippen LogP) is 5.74. The molecule has 4 rings (SSSR count). The van der Waals surface area contributed by atoms with E-state index in [0.717, 1.165) is 36.1 Å². The third kappa shape index (κ3) is 4.74. The number of carbonyl (C=O) groups is 1. The number of pyridine rings is 1. The molecule has 5 nitrogen and oxygen atoms in total. The Morgan fingerprint density at radius 2 is 1.72 bits per heavy atom. The molecule has 1 aliphatic heterocycles. The van der Waals surface area contributed by atoms with Crippen molar-refractivity contribution in [2.75, 3.05) is 6.54 Å². The number of hydrogen-bond donors (Lipinski definition) is 0. The molecule has 1 aromatic heterocycles. The Labute approximate surface area is 170 Å². The van der Waals surface area contributed by atoms with Gasteiger partial charge in [-0.15, -0.1) is 0 Å². The summed E-state index contributed by atoms with van der Waals surface area (Å²) >= 11 is 0. The first-order valence-corrected chi connectivity index (χ1v) is 9.96. The lowest BCUT2D eigenvalue weighted by molar-refractivity contribution is 0.0673. The summed E-state index contributed by atoms with van der Waals surface area (Å²) in [5.74, 6) is 1.26. The average Bonchev–Trinajstić information content (AvgIpc) is 2.79. The van der Waals surface area contributed by atoms with Gasteiger partial charge in [0.2, 0.25) is 5.88 Å². The highest BCUT2D eigenvalue weighted by molar-refractivity contribution is 5.68. The molecular formula is C24H24N2O3. The quantitative estimate of drug-likeness (QED) is 0.559. The van der Waals surface area contributed by atoms with Crippen LogP contribution in [0.1, 0.15) is 36.4 Å². The van der Waals surface area contributed by atoms with Crippen LogP contribution in [-0.2, 0) is 11.3 Å². The first-order chi connectivity index (χ1) is 14.3. The normalized spacial score (nSPS) is 16.3. The van der Waals surface area contributed by atoms with E-state index < -0.39 is 0 Å². The fraction of sp³-hybridized carbons (Fsp3) is 0.250. The number of nitrogens with zero attached hydrogens (tertiary/aromatic N) is 2. The first-order valence-electron chi connectivity index (χ1n) is 9.96. The Bertz CT molecular complexity index is 931. The number of amides is 1. The van der Waals surface area contributed by atoms with E-state index in [9.17, 15) is 4.79 Å². The van der Waals surface area contributed by atoms with Crippen molar-refractivity contribution >= 4 is 6.09 Å². The zero-order valence-corrected chi connectivity index (χ0v) is 16.2. The van der Waals surface area contributed by atoms with Crippen LogP contribution in [-0.4, -0.2) is 22.5 Å². The molecule has 1 atom stereocenters. The van der Waals surface area contributed by atoms with Gasteiger partial charge in [-0.25, -0.2) is 9.78 Å². The molecule has 148 valence electrons. The van der Waals surface area contributed by atoms with E-state index in [1.165, 1.54) is 0 Å². The monoisotopic (exact) mass is 388 g/mol. The summed E-state index contributed by atoms with van der Waals surface area (Å²) in [5.41, 5.74) is 1.89. The summed E-state index contributed by atoms with van der Waals surface area (Å²) in [6.07, 6.45) is 4.28. The fourth-order valence-electron chi connectivity index (χ4n) is 3.62. The number of hydrogen-bond acceptors (Lipinski definition) is 4. The number of rotatable bonds is 5. The lowest BCUT2D eigenvalue weighted by Crippen LogP contribution is -2.39. The minimum absolute atomic E-state index is 0.112. The van der Waals surface area contributed by atoms with E-state index >= 15 is 0 Å². The van der Waals surface area contributed by atoms with Gasteiger partial charge in [0.25, 0.3) is 0 Å². The zero-order chi connectivity index (χ0) is 19.9. The highest BCUT2D eigenvalue weighted by atomic mass is 16.6. The van der Waals surface area contributed by atoms with Gasteiger partial charge in [0.15, 0.2) is 0 Å². The van der Waals surface area contributed by atoms with E-state index in [2.05, 4.69) is 4.98 Å². The van der Waals surface area contributed by atoms with E-state index in [0.29, 0.717) is 12.4 Å². The third-order valence-corrected chi connectivity index (χ3v) is 5.06. The molecule has 1 fully saturated rings. The smallest absolute Gasteiger partial charge is 0.410 e. The molecule has 0 unspecified atom stereocenters. The van der Waals surface area contributed by atoms with Crippen LogP contribution in [0.3, 0.4) is 0 Å². The number of aromatic nitrogens is 1. The van der Waals surface area contributed by atoms with Gasteiger partial charge >= 0.3 is 6.09 Å². The van der Waals surface area contributed by atoms with E-state index in [1.807, 2.05) is 72.8 Å². The van der Waals surface area contributed by atoms with Gasteiger partial charge in [-0.2, -0.15) is 0 Å². The Balaban J connectivity index is 1.52. The molecule has 1 aliphatic rings. The number of piperidine rings is 1. The van der Waals surface area contributed by atoms with Gasteiger partial charge in [-0.1, -0.05) is 48.5 Å². The van der Waals surface area contributed by atoms with Crippen molar-refractivity contribution in [1.29, 1.82) is 0 Å². The molecule has 1 saturated heterocycles. The van der Waals surface area contributed by atoms with Crippen molar-refractivity contribution in [1.82, 2.24) is 9.88 Å². The molecule has 2 aromatic carbocycles. The van der Waals surface area contributed by atoms with E-state index in [-0.39, 0.29) is 18.7 Å². The number of ether oxygens (including phenoxy) is 2. The highest BCUT2D eigenvalue weighted by Crippen LogP contribution is 2.37. The number of para-hydroxylation sites is 1. The fourth-order valence-corrected chi connectivity index (χ4v) is 3.62. The lowest BCUT2D eigenvalue weighted by atomic mass is 9.96. The van der Waals surface area contributed by atoms with Crippen molar-refractivity contribution in [3.63, 3.8) is 0 Å². The summed E-state index contributed by atoms with van der Waals surface area (Å²) < 4.78 is 11.6. The lowest BCUT2D eigenvalue weighted by Gasteiger charge is -2.35. The molecule has 0 aliphatic carbocycles. The second-order valence-corrected chi connectivity index (χ2v) is 7.06. The van der Waals surface area contributed by atoms with Crippen molar-refractivity contribution in [3.8, 4) is 11.6 Å². The largest absolute Gasteiger partial charge is 0.445 e. The Hall–Kier alpha value is -3.34. The number of likely N-dealkylation sites (tertiary alicyclic amines) is 1. The topological polar surface area (TPSA) is 51.7 Å². The molecule has 3 aromatic rings. The molecule has 5 heteroatoms. The van der Waals surface area contributed by atoms with Crippen LogP contribution >= 0.6 is 0 Å². The standard InChI is InChI=1S/C24H24N2O3/c27-24(28-18-19-10-3-1-4-11-19)26-17-8-7-15-22(26)21-14-9-16-25-23(21)29-20-12-5-2-6-13-20/h1-6,9-14,16,22H,7-8,15,17-18H2/t22-/m0/s1. The van der Waals surface area contributed by atoms with Crippen LogP contribution in [0.25, 0.3) is 0 Å². The molecule has 1 amide bonds. The highest BCUT2D eigenvalue weighted by Gasteiger charge is 2.31. The summed E-state index contributed by atoms with van der Waals surface area (Å²) in [5, 5.41) is 0. The maximum absolute atomic E-state index is 12.9. The maximum atomic E-state index is 12.9. The number of carbonyl (C=O) groups excluding carboxylic acids is 1. The Morgan fingerprint density at radius 3 is 2.52 bits per heavy atom. The first kappa shape index (κ1) is 19.0. The Kier molecular flexibility index (Phi) is 6.05. The summed E-state index contributed by atoms with van der Waals surface area (Å²) in [6, 6.07) is 23.1. The van der Waals surface area contributed by atoms with Gasteiger partial charge in [0.1, 0.15) is 12.4 Å². The molecule has 0 spiro atoms. The van der Waals surface area contributed by atoms with Gasteiger partial charge in [-0.05, 0) is 49.1 Å². The molecule has 2 heterocycles. The van der Waals surface area contributed by atoms with Crippen molar-refractivity contribution in [3.05, 3.63) is 90.1 Å². The summed E-state index contributed by atoms with van der Waals surface area (Å²) in [6.45, 7) is 0.932. The third-order valence-electron chi connectivity index (χ3n) is 5.06. The van der Waals surface area contributed by atoms with Gasteiger partial charge < -0.3 is 14.4 Å². The van der Waals surface area contributed by atoms with E-state index in [4.69, 9.17) is 9.47 Å². The maximum Gasteiger partial charge on any atom is 0.410 e. The van der Waals surface area contributed by atoms with Gasteiger partial charge in [0.05, 0.1) is 6.04 Å². The molecule has 29 heavy (non-hydrogen) atoms. The molecule has 0 N–H and O–H groups in total. The van der Waals surface area contributed by atoms with Crippen LogP contribution < -0.4 is 4.74 Å². The second-order valence-electron chi connectivity index (χ2n) is 7.06. The SMILES string of the molecule is O=C(OCc1ccccc1)N1CCCC[C@H]1c1cccnc1Oc1ccccc1. The second kappa shape index (κ2) is 9.24. The van der Waals surface area contributed by atoms with Crippen molar-refractivity contribution < 1.29 is 14.3 Å². The zero-order valence-electron chi connectivity index (χ0n) is 16.2. The van der Waals surface area contributed by atoms with Crippen LogP contribution in [0, 0.1) is 0 Å². The van der Waals surface area contributed by atoms with Gasteiger partial charge in [-0.3, -0.25) is 0 Å². The predicted molar refractivity (Wildman–Crippen MR) is 111 cm³/mol. The van der Waals surface area contributed by atoms with Crippen molar-refractivity contribution in [2.45, 2.75) is 31.9 Å². The summed E-state index contributed by atoms with van der Waals surface area (Å²) in [4.78, 5) is 19.1. The minimum Gasteiger partial charge on any atom is -0.445 e. The van der Waals surface area contributed by atoms with Crippen LogP contribution in [0.5, 0.6) is 11.6 Å². The van der Waals surface area contributed by atoms with Crippen molar-refractivity contribution in [2.24, 2.45) is 0 Å². The molecule has 0 radical (unpaired) electrons. The summed E-state index contributed by atoms with van der Waals surface area (Å²) in [7, 11) is 0. The van der Waals surface area contributed by atoms with Crippen LogP contribution in [0.15, 0.2) is 79.0 Å². The average molecular weight is 388 g/mol. The van der Waals surface area contributed by atoms with Crippen LogP contribution in [0.4, 0.5) is 4.79 Å². The molecule has 0 bridgehead atoms. The van der Waals surface area contributed by atoms with Gasteiger partial charge in [0, 0.05) is 18.3 Å². The minimum atomic E-state index is -0.298. The number of benzene rings is 2. The molecule has 0 saturated carbocycles.